The number of ether oxygens (including phenoxy) is 1. The van der Waals surface area contributed by atoms with Crippen LogP contribution in [0.4, 0.5) is 18.0 Å². The van der Waals surface area contributed by atoms with Crippen molar-refractivity contribution in [2.45, 2.75) is 45.6 Å². The third-order valence-corrected chi connectivity index (χ3v) is 4.53. The summed E-state index contributed by atoms with van der Waals surface area (Å²) >= 11 is 0. The Bertz CT molecular complexity index is 732. The number of carboxylic acid groups (broad SMARTS) is 1. The van der Waals surface area contributed by atoms with Gasteiger partial charge < -0.3 is 14.7 Å². The number of halogens is 3. The molecule has 2 rings (SSSR count). The molecule has 1 aromatic rings. The van der Waals surface area contributed by atoms with Gasteiger partial charge in [-0.1, -0.05) is 0 Å². The number of carboxylic acids is 1. The Morgan fingerprint density at radius 2 is 1.77 bits per heavy atom. The number of piperidine rings is 1. The van der Waals surface area contributed by atoms with E-state index in [1.165, 1.54) is 11.8 Å². The van der Waals surface area contributed by atoms with Gasteiger partial charge in [0.15, 0.2) is 11.6 Å². The number of rotatable bonds is 2. The summed E-state index contributed by atoms with van der Waals surface area (Å²) in [5, 5.41) is 9.71. The number of hydrogen-bond acceptors (Lipinski definition) is 3. The Hall–Kier alpha value is -2.25. The smallest absolute Gasteiger partial charge is 0.410 e. The third kappa shape index (κ3) is 3.94. The zero-order valence-corrected chi connectivity index (χ0v) is 15.1. The predicted octanol–water partition coefficient (Wildman–Crippen LogP) is 3.92. The van der Waals surface area contributed by atoms with Crippen LogP contribution < -0.4 is 0 Å². The first-order valence-electron chi connectivity index (χ1n) is 8.21. The normalized spacial score (nSPS) is 23.7. The SMILES string of the molecule is CC(C)(C)OC(=O)N1CC[C@H](c2cc(F)c(F)cc2F)[C@@](C)(C(=O)O)C1. The highest BCUT2D eigenvalue weighted by molar-refractivity contribution is 5.78. The molecule has 0 aliphatic carbocycles. The van der Waals surface area contributed by atoms with Gasteiger partial charge in [0.05, 0.1) is 5.41 Å². The molecule has 0 aromatic heterocycles. The summed E-state index contributed by atoms with van der Waals surface area (Å²) in [6.07, 6.45) is -0.599. The average molecular weight is 373 g/mol. The summed E-state index contributed by atoms with van der Waals surface area (Å²) in [6.45, 7) is 6.29. The number of benzene rings is 1. The minimum Gasteiger partial charge on any atom is -0.481 e. The molecule has 1 aliphatic heterocycles. The molecular weight excluding hydrogens is 351 g/mol. The lowest BCUT2D eigenvalue weighted by Crippen LogP contribution is -2.53. The fraction of sp³-hybridized carbons (Fsp3) is 0.556. The Balaban J connectivity index is 2.36. The van der Waals surface area contributed by atoms with Gasteiger partial charge in [0.1, 0.15) is 11.4 Å². The van der Waals surface area contributed by atoms with E-state index in [1.807, 2.05) is 0 Å². The van der Waals surface area contributed by atoms with Gasteiger partial charge in [-0.15, -0.1) is 0 Å². The molecule has 1 aliphatic rings. The van der Waals surface area contributed by atoms with Crippen molar-refractivity contribution < 1.29 is 32.6 Å². The van der Waals surface area contributed by atoms with E-state index >= 15 is 0 Å². The van der Waals surface area contributed by atoms with Gasteiger partial charge in [-0.05, 0) is 45.7 Å². The topological polar surface area (TPSA) is 66.8 Å². The zero-order valence-electron chi connectivity index (χ0n) is 15.1. The van der Waals surface area contributed by atoms with Crippen molar-refractivity contribution in [3.63, 3.8) is 0 Å². The molecule has 8 heteroatoms. The Morgan fingerprint density at radius 1 is 1.19 bits per heavy atom. The first-order chi connectivity index (χ1) is 11.8. The number of nitrogens with zero attached hydrogens (tertiary/aromatic N) is 1. The maximum absolute atomic E-state index is 14.2. The lowest BCUT2D eigenvalue weighted by atomic mass is 9.69. The highest BCUT2D eigenvalue weighted by atomic mass is 19.2. The van der Waals surface area contributed by atoms with Crippen molar-refractivity contribution in [1.29, 1.82) is 0 Å². The summed E-state index contributed by atoms with van der Waals surface area (Å²) in [4.78, 5) is 25.4. The van der Waals surface area contributed by atoms with Crippen molar-refractivity contribution in [1.82, 2.24) is 4.90 Å². The maximum atomic E-state index is 14.2. The predicted molar refractivity (Wildman–Crippen MR) is 87.2 cm³/mol. The quantitative estimate of drug-likeness (QED) is 0.798. The van der Waals surface area contributed by atoms with Crippen molar-refractivity contribution in [2.24, 2.45) is 5.41 Å². The lowest BCUT2D eigenvalue weighted by molar-refractivity contribution is -0.152. The summed E-state index contributed by atoms with van der Waals surface area (Å²) in [7, 11) is 0. The van der Waals surface area contributed by atoms with E-state index in [4.69, 9.17) is 4.74 Å². The van der Waals surface area contributed by atoms with Crippen molar-refractivity contribution in [3.8, 4) is 0 Å². The van der Waals surface area contributed by atoms with Gasteiger partial charge in [0, 0.05) is 25.1 Å². The van der Waals surface area contributed by atoms with Crippen LogP contribution in [0.25, 0.3) is 0 Å². The molecule has 5 nitrogen and oxygen atoms in total. The fourth-order valence-corrected chi connectivity index (χ4v) is 3.19. The number of likely N-dealkylation sites (tertiary alicyclic amines) is 1. The number of carbonyl (C=O) groups excluding carboxylic acids is 1. The van der Waals surface area contributed by atoms with E-state index < -0.39 is 46.4 Å². The van der Waals surface area contributed by atoms with Crippen LogP contribution >= 0.6 is 0 Å². The lowest BCUT2D eigenvalue weighted by Gasteiger charge is -2.43. The van der Waals surface area contributed by atoms with Crippen molar-refractivity contribution >= 4 is 12.1 Å². The van der Waals surface area contributed by atoms with Crippen LogP contribution in [0.5, 0.6) is 0 Å². The molecule has 0 bridgehead atoms. The molecule has 1 amide bonds. The van der Waals surface area contributed by atoms with Crippen molar-refractivity contribution in [3.05, 3.63) is 35.1 Å². The van der Waals surface area contributed by atoms with Gasteiger partial charge >= 0.3 is 12.1 Å². The summed E-state index contributed by atoms with van der Waals surface area (Å²) in [6, 6.07) is 1.10. The van der Waals surface area contributed by atoms with E-state index in [0.29, 0.717) is 12.1 Å². The molecule has 1 aromatic carbocycles. The maximum Gasteiger partial charge on any atom is 0.410 e. The molecule has 1 heterocycles. The monoisotopic (exact) mass is 373 g/mol. The molecule has 1 N–H and O–H groups in total. The number of aliphatic carboxylic acids is 1. The molecule has 0 radical (unpaired) electrons. The highest BCUT2D eigenvalue weighted by Gasteiger charge is 2.49. The minimum atomic E-state index is -1.58. The third-order valence-electron chi connectivity index (χ3n) is 4.53. The minimum absolute atomic E-state index is 0.0734. The molecule has 144 valence electrons. The van der Waals surface area contributed by atoms with E-state index in [9.17, 15) is 27.9 Å². The van der Waals surface area contributed by atoms with Crippen LogP contribution in [0.1, 0.15) is 45.6 Å². The summed E-state index contributed by atoms with van der Waals surface area (Å²) in [5.74, 6) is -5.78. The van der Waals surface area contributed by atoms with Crippen LogP contribution in [0.2, 0.25) is 0 Å². The summed E-state index contributed by atoms with van der Waals surface area (Å²) in [5.41, 5.74) is -2.54. The first kappa shape index (κ1) is 20.1. The van der Waals surface area contributed by atoms with Crippen LogP contribution in [-0.4, -0.2) is 40.8 Å². The van der Waals surface area contributed by atoms with E-state index in [-0.39, 0.29) is 25.1 Å². The van der Waals surface area contributed by atoms with Gasteiger partial charge in [-0.25, -0.2) is 18.0 Å². The molecule has 2 atom stereocenters. The molecule has 1 saturated heterocycles. The second-order valence-electron chi connectivity index (χ2n) is 7.75. The molecular formula is C18H22F3NO4. The highest BCUT2D eigenvalue weighted by Crippen LogP contribution is 2.44. The second kappa shape index (κ2) is 6.81. The first-order valence-corrected chi connectivity index (χ1v) is 8.21. The van der Waals surface area contributed by atoms with Gasteiger partial charge in [-0.2, -0.15) is 0 Å². The Labute approximate surface area is 149 Å². The second-order valence-corrected chi connectivity index (χ2v) is 7.75. The molecule has 26 heavy (non-hydrogen) atoms. The van der Waals surface area contributed by atoms with Gasteiger partial charge in [0.25, 0.3) is 0 Å². The number of carbonyl (C=O) groups is 2. The van der Waals surface area contributed by atoms with Crippen LogP contribution in [0.3, 0.4) is 0 Å². The standard InChI is InChI=1S/C18H22F3NO4/c1-17(2,3)26-16(25)22-6-5-11(18(4,9-22)15(23)24)10-7-13(20)14(21)8-12(10)19/h7-8,11H,5-6,9H2,1-4H3,(H,23,24)/t11-,18+/m1/s1. The summed E-state index contributed by atoms with van der Waals surface area (Å²) < 4.78 is 46.2. The van der Waals surface area contributed by atoms with E-state index in [0.717, 1.165) is 0 Å². The molecule has 0 unspecified atom stereocenters. The van der Waals surface area contributed by atoms with Crippen LogP contribution in [-0.2, 0) is 9.53 Å². The Kier molecular flexibility index (Phi) is 5.26. The van der Waals surface area contributed by atoms with E-state index in [2.05, 4.69) is 0 Å². The molecule has 1 fully saturated rings. The van der Waals surface area contributed by atoms with Gasteiger partial charge in [0.2, 0.25) is 0 Å². The van der Waals surface area contributed by atoms with Crippen molar-refractivity contribution in [2.75, 3.05) is 13.1 Å². The zero-order chi connectivity index (χ0) is 19.9. The average Bonchev–Trinajstić information content (AvgIpc) is 2.49. The number of hydrogen-bond donors (Lipinski definition) is 1. The Morgan fingerprint density at radius 3 is 2.31 bits per heavy atom. The van der Waals surface area contributed by atoms with Crippen LogP contribution in [0.15, 0.2) is 12.1 Å². The van der Waals surface area contributed by atoms with Gasteiger partial charge in [-0.3, -0.25) is 4.79 Å². The number of amides is 1. The largest absolute Gasteiger partial charge is 0.481 e. The van der Waals surface area contributed by atoms with Crippen LogP contribution in [0, 0.1) is 22.9 Å². The van der Waals surface area contributed by atoms with E-state index in [1.54, 1.807) is 20.8 Å². The molecule has 0 saturated carbocycles. The molecule has 0 spiro atoms. The fourth-order valence-electron chi connectivity index (χ4n) is 3.19.